The van der Waals surface area contributed by atoms with Crippen molar-refractivity contribution in [1.29, 1.82) is 0 Å². The highest BCUT2D eigenvalue weighted by Gasteiger charge is 2.07. The highest BCUT2D eigenvalue weighted by Crippen LogP contribution is 2.21. The minimum Gasteiger partial charge on any atom is -0.491 e. The van der Waals surface area contributed by atoms with Crippen molar-refractivity contribution in [2.45, 2.75) is 20.0 Å². The maximum Gasteiger partial charge on any atom is 0.351 e. The molecule has 0 unspecified atom stereocenters. The summed E-state index contributed by atoms with van der Waals surface area (Å²) in [5.74, 6) is 1.11. The molecule has 0 bridgehead atoms. The van der Waals surface area contributed by atoms with Crippen LogP contribution < -0.4 is 15.2 Å². The van der Waals surface area contributed by atoms with E-state index in [9.17, 15) is 4.79 Å². The number of H-pyrrole nitrogens is 1. The summed E-state index contributed by atoms with van der Waals surface area (Å²) in [5, 5.41) is 0. The van der Waals surface area contributed by atoms with Crippen LogP contribution in [0, 0.1) is 0 Å². The van der Waals surface area contributed by atoms with Crippen LogP contribution in [0.15, 0.2) is 29.1 Å². The number of nitrogens with one attached hydrogen (secondary N) is 1. The standard InChI is InChI=1S/C13H15N3O3/c1-8(2)19-10-6-4-5-9(7-10)11-14-12(17)16-13(15-11)18-3/h4-8H,1-3H3,(H,14,15,16,17). The first-order valence-corrected chi connectivity index (χ1v) is 5.88. The molecule has 6 heteroatoms. The van der Waals surface area contributed by atoms with E-state index in [0.717, 1.165) is 5.56 Å². The Kier molecular flexibility index (Phi) is 3.79. The molecule has 0 aliphatic carbocycles. The molecule has 0 amide bonds. The molecule has 0 saturated heterocycles. The predicted octanol–water partition coefficient (Wildman–Crippen LogP) is 1.63. The van der Waals surface area contributed by atoms with Gasteiger partial charge in [-0.05, 0) is 26.0 Å². The van der Waals surface area contributed by atoms with Gasteiger partial charge in [0.15, 0.2) is 0 Å². The molecule has 100 valence electrons. The summed E-state index contributed by atoms with van der Waals surface area (Å²) in [5.41, 5.74) is 0.230. The van der Waals surface area contributed by atoms with Gasteiger partial charge in [-0.3, -0.25) is 4.98 Å². The number of aromatic nitrogens is 3. The lowest BCUT2D eigenvalue weighted by atomic mass is 10.2. The largest absolute Gasteiger partial charge is 0.491 e. The minimum atomic E-state index is -0.503. The molecule has 19 heavy (non-hydrogen) atoms. The van der Waals surface area contributed by atoms with Crippen LogP contribution in [-0.4, -0.2) is 28.2 Å². The molecule has 0 aliphatic heterocycles. The Morgan fingerprint density at radius 2 is 2.05 bits per heavy atom. The molecule has 1 aromatic carbocycles. The average molecular weight is 261 g/mol. The molecule has 0 saturated carbocycles. The fourth-order valence-electron chi connectivity index (χ4n) is 1.58. The van der Waals surface area contributed by atoms with E-state index in [0.29, 0.717) is 11.6 Å². The van der Waals surface area contributed by atoms with Gasteiger partial charge in [-0.25, -0.2) is 4.79 Å². The lowest BCUT2D eigenvalue weighted by Crippen LogP contribution is -2.14. The lowest BCUT2D eigenvalue weighted by Gasteiger charge is -2.10. The first-order chi connectivity index (χ1) is 9.08. The maximum absolute atomic E-state index is 11.4. The van der Waals surface area contributed by atoms with Crippen LogP contribution in [0.25, 0.3) is 11.4 Å². The SMILES string of the molecule is COc1nc(-c2cccc(OC(C)C)c2)[nH]c(=O)n1. The fourth-order valence-corrected chi connectivity index (χ4v) is 1.58. The number of rotatable bonds is 4. The number of ether oxygens (including phenoxy) is 2. The minimum absolute atomic E-state index is 0.0360. The average Bonchev–Trinajstić information content (AvgIpc) is 2.37. The Hall–Kier alpha value is -2.37. The Labute approximate surface area is 110 Å². The molecular weight excluding hydrogens is 246 g/mol. The molecule has 0 spiro atoms. The number of aromatic amines is 1. The van der Waals surface area contributed by atoms with Gasteiger partial charge < -0.3 is 9.47 Å². The van der Waals surface area contributed by atoms with Crippen LogP contribution in [0.3, 0.4) is 0 Å². The number of benzene rings is 1. The smallest absolute Gasteiger partial charge is 0.351 e. The summed E-state index contributed by atoms with van der Waals surface area (Å²) in [6.07, 6.45) is 0.0780. The van der Waals surface area contributed by atoms with Gasteiger partial charge >= 0.3 is 11.7 Å². The van der Waals surface area contributed by atoms with E-state index in [-0.39, 0.29) is 12.1 Å². The van der Waals surface area contributed by atoms with Gasteiger partial charge in [0.1, 0.15) is 11.6 Å². The van der Waals surface area contributed by atoms with E-state index in [1.54, 1.807) is 6.07 Å². The van der Waals surface area contributed by atoms with Gasteiger partial charge in [0.2, 0.25) is 0 Å². The lowest BCUT2D eigenvalue weighted by molar-refractivity contribution is 0.242. The molecule has 2 rings (SSSR count). The third kappa shape index (κ3) is 3.31. The van der Waals surface area contributed by atoms with Crippen molar-refractivity contribution in [2.24, 2.45) is 0 Å². The number of nitrogens with zero attached hydrogens (tertiary/aromatic N) is 2. The summed E-state index contributed by atoms with van der Waals surface area (Å²) in [7, 11) is 1.41. The molecule has 0 radical (unpaired) electrons. The second kappa shape index (κ2) is 5.51. The molecule has 6 nitrogen and oxygen atoms in total. The summed E-state index contributed by atoms with van der Waals surface area (Å²) in [6.45, 7) is 3.89. The Morgan fingerprint density at radius 1 is 1.26 bits per heavy atom. The Balaban J connectivity index is 2.41. The van der Waals surface area contributed by atoms with Gasteiger partial charge in [-0.2, -0.15) is 4.98 Å². The van der Waals surface area contributed by atoms with Crippen LogP contribution in [0.2, 0.25) is 0 Å². The van der Waals surface area contributed by atoms with Crippen LogP contribution in [0.4, 0.5) is 0 Å². The second-order valence-electron chi connectivity index (χ2n) is 4.18. The monoisotopic (exact) mass is 261 g/mol. The number of hydrogen-bond acceptors (Lipinski definition) is 5. The highest BCUT2D eigenvalue weighted by atomic mass is 16.5. The summed E-state index contributed by atoms with van der Waals surface area (Å²) in [4.78, 5) is 21.6. The molecule has 0 fully saturated rings. The summed E-state index contributed by atoms with van der Waals surface area (Å²) < 4.78 is 10.5. The van der Waals surface area contributed by atoms with E-state index in [1.165, 1.54) is 7.11 Å². The molecule has 1 heterocycles. The second-order valence-corrected chi connectivity index (χ2v) is 4.18. The number of methoxy groups -OCH3 is 1. The van der Waals surface area contributed by atoms with E-state index in [2.05, 4.69) is 15.0 Å². The van der Waals surface area contributed by atoms with Crippen molar-refractivity contribution in [3.05, 3.63) is 34.7 Å². The van der Waals surface area contributed by atoms with Crippen molar-refractivity contribution in [1.82, 2.24) is 15.0 Å². The molecule has 0 atom stereocenters. The van der Waals surface area contributed by atoms with E-state index in [1.807, 2.05) is 32.0 Å². The van der Waals surface area contributed by atoms with Crippen molar-refractivity contribution >= 4 is 0 Å². The van der Waals surface area contributed by atoms with Crippen LogP contribution in [-0.2, 0) is 0 Å². The number of hydrogen-bond donors (Lipinski definition) is 1. The quantitative estimate of drug-likeness (QED) is 0.905. The molecular formula is C13H15N3O3. The van der Waals surface area contributed by atoms with Gasteiger partial charge in [0.05, 0.1) is 13.2 Å². The van der Waals surface area contributed by atoms with E-state index in [4.69, 9.17) is 9.47 Å². The Bertz CT molecular complexity index is 623. The van der Waals surface area contributed by atoms with Gasteiger partial charge in [0, 0.05) is 5.56 Å². The van der Waals surface area contributed by atoms with Crippen LogP contribution in [0.1, 0.15) is 13.8 Å². The summed E-state index contributed by atoms with van der Waals surface area (Å²) >= 11 is 0. The normalized spacial score (nSPS) is 10.5. The van der Waals surface area contributed by atoms with Gasteiger partial charge in [-0.1, -0.05) is 12.1 Å². The predicted molar refractivity (Wildman–Crippen MR) is 70.4 cm³/mol. The third-order valence-corrected chi connectivity index (χ3v) is 2.29. The summed E-state index contributed by atoms with van der Waals surface area (Å²) in [6, 6.07) is 7.34. The first kappa shape index (κ1) is 13.1. The third-order valence-electron chi connectivity index (χ3n) is 2.29. The molecule has 1 N–H and O–H groups in total. The fraction of sp³-hybridized carbons (Fsp3) is 0.308. The highest BCUT2D eigenvalue weighted by molar-refractivity contribution is 5.57. The Morgan fingerprint density at radius 3 is 2.74 bits per heavy atom. The maximum atomic E-state index is 11.4. The van der Waals surface area contributed by atoms with Crippen LogP contribution in [0.5, 0.6) is 11.8 Å². The van der Waals surface area contributed by atoms with Crippen molar-refractivity contribution in [3.8, 4) is 23.1 Å². The zero-order chi connectivity index (χ0) is 13.8. The van der Waals surface area contributed by atoms with Crippen molar-refractivity contribution in [3.63, 3.8) is 0 Å². The van der Waals surface area contributed by atoms with E-state index >= 15 is 0 Å². The molecule has 1 aromatic heterocycles. The van der Waals surface area contributed by atoms with Crippen molar-refractivity contribution in [2.75, 3.05) is 7.11 Å². The molecule has 0 aliphatic rings. The van der Waals surface area contributed by atoms with E-state index < -0.39 is 5.69 Å². The van der Waals surface area contributed by atoms with Gasteiger partial charge in [-0.15, -0.1) is 4.98 Å². The van der Waals surface area contributed by atoms with Gasteiger partial charge in [0.25, 0.3) is 0 Å². The van der Waals surface area contributed by atoms with Crippen molar-refractivity contribution < 1.29 is 9.47 Å². The van der Waals surface area contributed by atoms with Crippen LogP contribution >= 0.6 is 0 Å². The first-order valence-electron chi connectivity index (χ1n) is 5.88. The zero-order valence-corrected chi connectivity index (χ0v) is 11.0. The zero-order valence-electron chi connectivity index (χ0n) is 11.0. The molecule has 2 aromatic rings. The topological polar surface area (TPSA) is 77.1 Å².